The molecule has 0 N–H and O–H groups in total. The van der Waals surface area contributed by atoms with Crippen molar-refractivity contribution in [2.75, 3.05) is 0 Å². The lowest BCUT2D eigenvalue weighted by Crippen LogP contribution is -1.68. The zero-order valence-corrected chi connectivity index (χ0v) is 6.54. The van der Waals surface area contributed by atoms with Gasteiger partial charge >= 0.3 is 0 Å². The number of hydrogen-bond acceptors (Lipinski definition) is 1. The number of nitrogens with zero attached hydrogens (tertiary/aromatic N) is 1. The third kappa shape index (κ3) is 5.04. The second-order valence-corrected chi connectivity index (χ2v) is 1.89. The Hall–Kier alpha value is -1.11. The van der Waals surface area contributed by atoms with E-state index in [0.717, 1.165) is 0 Å². The summed E-state index contributed by atoms with van der Waals surface area (Å²) in [6, 6.07) is 0. The van der Waals surface area contributed by atoms with Crippen LogP contribution in [-0.2, 0) is 0 Å². The molecular formula is C9H13N. The lowest BCUT2D eigenvalue weighted by molar-refractivity contribution is 1.51. The SMILES string of the molecule is C=CN=C/C=C(C)\C=C/C. The van der Waals surface area contributed by atoms with Crippen LogP contribution in [0.15, 0.2) is 41.6 Å². The minimum Gasteiger partial charge on any atom is -0.265 e. The fraction of sp³-hybridized carbons (Fsp3) is 0.222. The Kier molecular flexibility index (Phi) is 5.35. The highest BCUT2D eigenvalue weighted by atomic mass is 14.6. The third-order valence-electron chi connectivity index (χ3n) is 0.958. The maximum atomic E-state index is 3.82. The van der Waals surface area contributed by atoms with Crippen LogP contribution in [0.4, 0.5) is 0 Å². The minimum atomic E-state index is 1.19. The van der Waals surface area contributed by atoms with Crippen LogP contribution in [0.3, 0.4) is 0 Å². The van der Waals surface area contributed by atoms with Crippen LogP contribution in [0.1, 0.15) is 13.8 Å². The molecule has 0 saturated carbocycles. The summed E-state index contributed by atoms with van der Waals surface area (Å²) in [7, 11) is 0. The smallest absolute Gasteiger partial charge is 0.0270 e. The van der Waals surface area contributed by atoms with E-state index in [1.54, 1.807) is 6.21 Å². The van der Waals surface area contributed by atoms with E-state index in [9.17, 15) is 0 Å². The fourth-order valence-electron chi connectivity index (χ4n) is 0.540. The first-order chi connectivity index (χ1) is 4.81. The zero-order chi connectivity index (χ0) is 7.82. The standard InChI is InChI=1S/C9H13N/c1-4-6-9(3)7-8-10-5-2/h4-8H,2H2,1,3H3/b6-4-,9-7-,10-8?. The van der Waals surface area contributed by atoms with Crippen molar-refractivity contribution in [2.45, 2.75) is 13.8 Å². The quantitative estimate of drug-likeness (QED) is 0.417. The topological polar surface area (TPSA) is 12.4 Å². The van der Waals surface area contributed by atoms with E-state index in [1.807, 2.05) is 32.1 Å². The first-order valence-corrected chi connectivity index (χ1v) is 3.25. The number of aliphatic imine (C=N–C) groups is 1. The van der Waals surface area contributed by atoms with Crippen LogP contribution < -0.4 is 0 Å². The summed E-state index contributed by atoms with van der Waals surface area (Å²) in [5, 5.41) is 0. The van der Waals surface area contributed by atoms with Gasteiger partial charge in [-0.1, -0.05) is 18.7 Å². The summed E-state index contributed by atoms with van der Waals surface area (Å²) in [6.45, 7) is 7.47. The molecule has 0 heterocycles. The minimum absolute atomic E-state index is 1.19. The van der Waals surface area contributed by atoms with E-state index in [-0.39, 0.29) is 0 Å². The van der Waals surface area contributed by atoms with E-state index in [0.29, 0.717) is 0 Å². The number of hydrogen-bond donors (Lipinski definition) is 0. The maximum Gasteiger partial charge on any atom is 0.0270 e. The molecule has 10 heavy (non-hydrogen) atoms. The molecule has 0 aliphatic heterocycles. The van der Waals surface area contributed by atoms with Gasteiger partial charge in [0.1, 0.15) is 0 Å². The van der Waals surface area contributed by atoms with Gasteiger partial charge in [0.15, 0.2) is 0 Å². The van der Waals surface area contributed by atoms with Crippen LogP contribution in [0.5, 0.6) is 0 Å². The molecule has 54 valence electrons. The van der Waals surface area contributed by atoms with Crippen molar-refractivity contribution >= 4 is 6.21 Å². The number of allylic oxidation sites excluding steroid dienone is 4. The summed E-state index contributed by atoms with van der Waals surface area (Å²) in [4.78, 5) is 3.82. The van der Waals surface area contributed by atoms with E-state index in [4.69, 9.17) is 0 Å². The van der Waals surface area contributed by atoms with Crippen LogP contribution in [0.25, 0.3) is 0 Å². The second-order valence-electron chi connectivity index (χ2n) is 1.89. The molecule has 1 heteroatoms. The summed E-state index contributed by atoms with van der Waals surface area (Å²) in [6.07, 6.45) is 9.19. The zero-order valence-electron chi connectivity index (χ0n) is 6.54. The molecule has 0 unspecified atom stereocenters. The van der Waals surface area contributed by atoms with E-state index < -0.39 is 0 Å². The highest BCUT2D eigenvalue weighted by Crippen LogP contribution is 1.91. The number of rotatable bonds is 3. The molecule has 0 spiro atoms. The predicted molar refractivity (Wildman–Crippen MR) is 47.3 cm³/mol. The van der Waals surface area contributed by atoms with Gasteiger partial charge in [-0.05, 0) is 25.5 Å². The van der Waals surface area contributed by atoms with Gasteiger partial charge in [0, 0.05) is 12.4 Å². The van der Waals surface area contributed by atoms with Gasteiger partial charge in [0.2, 0.25) is 0 Å². The van der Waals surface area contributed by atoms with Crippen molar-refractivity contribution in [3.63, 3.8) is 0 Å². The average Bonchev–Trinajstić information content (AvgIpc) is 1.89. The van der Waals surface area contributed by atoms with Crippen molar-refractivity contribution in [3.05, 3.63) is 36.6 Å². The summed E-state index contributed by atoms with van der Waals surface area (Å²) >= 11 is 0. The summed E-state index contributed by atoms with van der Waals surface area (Å²) in [5.41, 5.74) is 1.19. The van der Waals surface area contributed by atoms with Crippen molar-refractivity contribution < 1.29 is 0 Å². The Morgan fingerprint density at radius 2 is 2.20 bits per heavy atom. The Labute approximate surface area is 62.5 Å². The van der Waals surface area contributed by atoms with Crippen LogP contribution in [0, 0.1) is 0 Å². The third-order valence-corrected chi connectivity index (χ3v) is 0.958. The van der Waals surface area contributed by atoms with Gasteiger partial charge in [-0.15, -0.1) is 0 Å². The molecule has 0 aromatic heterocycles. The average molecular weight is 135 g/mol. The molecule has 0 aromatic carbocycles. The lowest BCUT2D eigenvalue weighted by atomic mass is 10.3. The predicted octanol–water partition coefficient (Wildman–Crippen LogP) is 2.72. The first-order valence-electron chi connectivity index (χ1n) is 3.25. The molecule has 0 rings (SSSR count). The maximum absolute atomic E-state index is 3.82. The molecule has 0 aliphatic rings. The molecule has 0 aromatic rings. The highest BCUT2D eigenvalue weighted by Gasteiger charge is 1.73. The van der Waals surface area contributed by atoms with Crippen LogP contribution in [-0.4, -0.2) is 6.21 Å². The Morgan fingerprint density at radius 1 is 1.50 bits per heavy atom. The van der Waals surface area contributed by atoms with Gasteiger partial charge in [0.05, 0.1) is 0 Å². The molecule has 1 nitrogen and oxygen atoms in total. The van der Waals surface area contributed by atoms with Crippen molar-refractivity contribution in [1.29, 1.82) is 0 Å². The van der Waals surface area contributed by atoms with Crippen molar-refractivity contribution in [2.24, 2.45) is 4.99 Å². The van der Waals surface area contributed by atoms with Gasteiger partial charge in [0.25, 0.3) is 0 Å². The van der Waals surface area contributed by atoms with Gasteiger partial charge in [-0.3, -0.25) is 4.99 Å². The molecule has 0 atom stereocenters. The fourth-order valence-corrected chi connectivity index (χ4v) is 0.540. The Bertz CT molecular complexity index is 173. The normalized spacial score (nSPS) is 13.2. The molecule has 0 amide bonds. The Balaban J connectivity index is 3.90. The van der Waals surface area contributed by atoms with Gasteiger partial charge in [-0.25, -0.2) is 0 Å². The second kappa shape index (κ2) is 6.02. The molecule has 0 bridgehead atoms. The van der Waals surface area contributed by atoms with E-state index in [1.165, 1.54) is 11.8 Å². The largest absolute Gasteiger partial charge is 0.265 e. The monoisotopic (exact) mass is 135 g/mol. The van der Waals surface area contributed by atoms with Crippen molar-refractivity contribution in [3.8, 4) is 0 Å². The molecule has 0 fully saturated rings. The van der Waals surface area contributed by atoms with Gasteiger partial charge < -0.3 is 0 Å². The van der Waals surface area contributed by atoms with Gasteiger partial charge in [-0.2, -0.15) is 0 Å². The molecular weight excluding hydrogens is 122 g/mol. The lowest BCUT2D eigenvalue weighted by Gasteiger charge is -1.83. The molecule has 0 radical (unpaired) electrons. The van der Waals surface area contributed by atoms with E-state index in [2.05, 4.69) is 11.6 Å². The first kappa shape index (κ1) is 8.89. The van der Waals surface area contributed by atoms with E-state index >= 15 is 0 Å². The summed E-state index contributed by atoms with van der Waals surface area (Å²) < 4.78 is 0. The highest BCUT2D eigenvalue weighted by molar-refractivity contribution is 5.73. The summed E-state index contributed by atoms with van der Waals surface area (Å²) in [5.74, 6) is 0. The van der Waals surface area contributed by atoms with Crippen LogP contribution >= 0.6 is 0 Å². The molecule has 0 saturated heterocycles. The molecule has 0 aliphatic carbocycles. The van der Waals surface area contributed by atoms with Crippen LogP contribution in [0.2, 0.25) is 0 Å². The Morgan fingerprint density at radius 3 is 2.70 bits per heavy atom. The van der Waals surface area contributed by atoms with Crippen molar-refractivity contribution in [1.82, 2.24) is 0 Å².